The minimum Gasteiger partial charge on any atom is -0.481 e. The summed E-state index contributed by atoms with van der Waals surface area (Å²) in [6.45, 7) is 3.75. The Kier molecular flexibility index (Phi) is 6.03. The van der Waals surface area contributed by atoms with Gasteiger partial charge in [0, 0.05) is 23.4 Å². The van der Waals surface area contributed by atoms with E-state index in [1.54, 1.807) is 24.3 Å². The van der Waals surface area contributed by atoms with Crippen molar-refractivity contribution in [1.82, 2.24) is 4.57 Å². The molecule has 1 amide bonds. The Labute approximate surface area is 175 Å². The van der Waals surface area contributed by atoms with Crippen molar-refractivity contribution in [3.63, 3.8) is 0 Å². The number of aromatic nitrogens is 1. The van der Waals surface area contributed by atoms with Gasteiger partial charge in [0.2, 0.25) is 5.91 Å². The number of hydrogen-bond acceptors (Lipinski definition) is 3. The Morgan fingerprint density at radius 3 is 2.37 bits per heavy atom. The zero-order chi connectivity index (χ0) is 21.8. The Morgan fingerprint density at radius 1 is 1.13 bits per heavy atom. The van der Waals surface area contributed by atoms with Crippen molar-refractivity contribution in [2.75, 3.05) is 0 Å². The molecule has 2 aromatic carbocycles. The minimum atomic E-state index is -0.828. The van der Waals surface area contributed by atoms with Gasteiger partial charge in [-0.15, -0.1) is 0 Å². The second-order valence-electron chi connectivity index (χ2n) is 7.25. The van der Waals surface area contributed by atoms with Gasteiger partial charge in [-0.2, -0.15) is 5.26 Å². The fourth-order valence-corrected chi connectivity index (χ4v) is 3.58. The Bertz CT molecular complexity index is 1140. The number of carboxylic acids is 1. The van der Waals surface area contributed by atoms with E-state index in [4.69, 9.17) is 11.0 Å². The van der Waals surface area contributed by atoms with Crippen LogP contribution < -0.4 is 5.73 Å². The zero-order valence-electron chi connectivity index (χ0n) is 16.9. The molecule has 6 heteroatoms. The highest BCUT2D eigenvalue weighted by molar-refractivity contribution is 5.93. The van der Waals surface area contributed by atoms with Gasteiger partial charge in [-0.1, -0.05) is 19.1 Å². The van der Waals surface area contributed by atoms with E-state index in [2.05, 4.69) is 6.07 Å². The molecule has 1 atom stereocenters. The number of benzene rings is 2. The number of nitrogens with zero attached hydrogens (tertiary/aromatic N) is 2. The zero-order valence-corrected chi connectivity index (χ0v) is 16.9. The monoisotopic (exact) mass is 401 g/mol. The van der Waals surface area contributed by atoms with Crippen molar-refractivity contribution in [3.8, 4) is 23.0 Å². The molecule has 3 rings (SSSR count). The second kappa shape index (κ2) is 8.66. The molecule has 0 aliphatic rings. The molecule has 0 radical (unpaired) electrons. The lowest BCUT2D eigenvalue weighted by Gasteiger charge is -2.19. The SMILES string of the molecule is CCC(Cc1ccc(-c2ccc(C#N)cc2)n1-c1ccc(C(N)=O)cc1C)C(=O)O. The third-order valence-corrected chi connectivity index (χ3v) is 5.29. The third kappa shape index (κ3) is 4.11. The van der Waals surface area contributed by atoms with Gasteiger partial charge in [-0.3, -0.25) is 9.59 Å². The van der Waals surface area contributed by atoms with Gasteiger partial charge in [-0.25, -0.2) is 0 Å². The number of carbonyl (C=O) groups excluding carboxylic acids is 1. The highest BCUT2D eigenvalue weighted by Crippen LogP contribution is 2.30. The minimum absolute atomic E-state index is 0.374. The average molecular weight is 401 g/mol. The van der Waals surface area contributed by atoms with Crippen molar-refractivity contribution in [3.05, 3.63) is 77.0 Å². The van der Waals surface area contributed by atoms with Crippen LogP contribution in [0.5, 0.6) is 0 Å². The van der Waals surface area contributed by atoms with Crippen LogP contribution >= 0.6 is 0 Å². The number of nitrogens with two attached hydrogens (primary N) is 1. The molecule has 1 heterocycles. The molecule has 0 aliphatic carbocycles. The van der Waals surface area contributed by atoms with E-state index in [-0.39, 0.29) is 0 Å². The Balaban J connectivity index is 2.18. The highest BCUT2D eigenvalue weighted by Gasteiger charge is 2.21. The van der Waals surface area contributed by atoms with Crippen LogP contribution in [0.15, 0.2) is 54.6 Å². The van der Waals surface area contributed by atoms with Crippen molar-refractivity contribution in [2.24, 2.45) is 11.7 Å². The molecule has 0 saturated heterocycles. The van der Waals surface area contributed by atoms with Gasteiger partial charge in [-0.05, 0) is 66.9 Å². The molecule has 0 saturated carbocycles. The van der Waals surface area contributed by atoms with Gasteiger partial charge in [0.05, 0.1) is 23.2 Å². The molecule has 30 heavy (non-hydrogen) atoms. The predicted octanol–water partition coefficient (Wildman–Crippen LogP) is 4.08. The van der Waals surface area contributed by atoms with E-state index >= 15 is 0 Å². The molecule has 0 fully saturated rings. The molecule has 0 spiro atoms. The lowest BCUT2D eigenvalue weighted by Crippen LogP contribution is -2.18. The standard InChI is InChI=1S/C24H23N3O3/c1-3-17(24(29)30)13-20-9-11-22(18-6-4-16(14-25)5-7-18)27(20)21-10-8-19(23(26)28)12-15(21)2/h4-12,17H,3,13H2,1-2H3,(H2,26,28)(H,29,30). The summed E-state index contributed by atoms with van der Waals surface area (Å²) < 4.78 is 2.02. The summed E-state index contributed by atoms with van der Waals surface area (Å²) in [5.74, 6) is -1.83. The van der Waals surface area contributed by atoms with Crippen molar-refractivity contribution >= 4 is 11.9 Å². The summed E-state index contributed by atoms with van der Waals surface area (Å²) >= 11 is 0. The van der Waals surface area contributed by atoms with Crippen LogP contribution in [0.1, 0.15) is 40.5 Å². The molecule has 0 aliphatic heterocycles. The molecular formula is C24H23N3O3. The van der Waals surface area contributed by atoms with Gasteiger partial charge in [0.25, 0.3) is 0 Å². The van der Waals surface area contributed by atoms with Crippen molar-refractivity contribution in [1.29, 1.82) is 5.26 Å². The third-order valence-electron chi connectivity index (χ3n) is 5.29. The van der Waals surface area contributed by atoms with Crippen LogP contribution in [0.25, 0.3) is 16.9 Å². The number of amides is 1. The summed E-state index contributed by atoms with van der Waals surface area (Å²) in [6.07, 6.45) is 0.894. The molecule has 152 valence electrons. The maximum absolute atomic E-state index is 11.6. The second-order valence-corrected chi connectivity index (χ2v) is 7.25. The van der Waals surface area contributed by atoms with E-state index in [1.165, 1.54) is 0 Å². The lowest BCUT2D eigenvalue weighted by molar-refractivity contribution is -0.141. The van der Waals surface area contributed by atoms with Crippen LogP contribution in [0, 0.1) is 24.2 Å². The summed E-state index contributed by atoms with van der Waals surface area (Å²) in [4.78, 5) is 23.2. The Morgan fingerprint density at radius 2 is 1.83 bits per heavy atom. The summed E-state index contributed by atoms with van der Waals surface area (Å²) in [5, 5.41) is 18.6. The first-order valence-corrected chi connectivity index (χ1v) is 9.70. The first kappa shape index (κ1) is 20.9. The Hall–Kier alpha value is -3.85. The summed E-state index contributed by atoms with van der Waals surface area (Å²) in [7, 11) is 0. The van der Waals surface area contributed by atoms with Crippen LogP contribution in [0.3, 0.4) is 0 Å². The first-order chi connectivity index (χ1) is 14.3. The number of hydrogen-bond donors (Lipinski definition) is 2. The number of carboxylic acid groups (broad SMARTS) is 1. The number of rotatable bonds is 7. The van der Waals surface area contributed by atoms with Gasteiger partial charge in [0.1, 0.15) is 0 Å². The van der Waals surface area contributed by atoms with Crippen LogP contribution in [0.2, 0.25) is 0 Å². The van der Waals surface area contributed by atoms with Gasteiger partial charge in [0.15, 0.2) is 0 Å². The largest absolute Gasteiger partial charge is 0.481 e. The number of primary amides is 1. The summed E-state index contributed by atoms with van der Waals surface area (Å²) in [6, 6.07) is 18.5. The topological polar surface area (TPSA) is 109 Å². The van der Waals surface area contributed by atoms with E-state index in [1.807, 2.05) is 48.7 Å². The fraction of sp³-hybridized carbons (Fsp3) is 0.208. The van der Waals surface area contributed by atoms with E-state index in [0.717, 1.165) is 28.2 Å². The first-order valence-electron chi connectivity index (χ1n) is 9.70. The molecule has 1 unspecified atom stereocenters. The van der Waals surface area contributed by atoms with Crippen molar-refractivity contribution < 1.29 is 14.7 Å². The van der Waals surface area contributed by atoms with E-state index in [9.17, 15) is 14.7 Å². The predicted molar refractivity (Wildman–Crippen MR) is 114 cm³/mol. The molecule has 1 aromatic heterocycles. The number of aryl methyl sites for hydroxylation is 1. The fourth-order valence-electron chi connectivity index (χ4n) is 3.58. The normalized spacial score (nSPS) is 11.6. The average Bonchev–Trinajstić information content (AvgIpc) is 3.14. The van der Waals surface area contributed by atoms with E-state index < -0.39 is 17.8 Å². The molecule has 6 nitrogen and oxygen atoms in total. The molecular weight excluding hydrogens is 378 g/mol. The number of aliphatic carboxylic acids is 1. The van der Waals surface area contributed by atoms with Crippen molar-refractivity contribution in [2.45, 2.75) is 26.7 Å². The van der Waals surface area contributed by atoms with Crippen LogP contribution in [-0.2, 0) is 11.2 Å². The maximum atomic E-state index is 11.6. The van der Waals surface area contributed by atoms with Crippen LogP contribution in [0.4, 0.5) is 0 Å². The quantitative estimate of drug-likeness (QED) is 0.622. The number of nitriles is 1. The maximum Gasteiger partial charge on any atom is 0.306 e. The highest BCUT2D eigenvalue weighted by atomic mass is 16.4. The van der Waals surface area contributed by atoms with Gasteiger partial charge >= 0.3 is 5.97 Å². The lowest BCUT2D eigenvalue weighted by atomic mass is 10.0. The van der Waals surface area contributed by atoms with Crippen LogP contribution in [-0.4, -0.2) is 21.6 Å². The number of carbonyl (C=O) groups is 2. The smallest absolute Gasteiger partial charge is 0.306 e. The van der Waals surface area contributed by atoms with E-state index in [0.29, 0.717) is 24.0 Å². The molecule has 3 N–H and O–H groups in total. The van der Waals surface area contributed by atoms with Gasteiger partial charge < -0.3 is 15.4 Å². The summed E-state index contributed by atoms with van der Waals surface area (Å²) in [5.41, 5.74) is 10.7. The molecule has 3 aromatic rings. The molecule has 0 bridgehead atoms.